The van der Waals surface area contributed by atoms with Crippen molar-refractivity contribution in [1.29, 1.82) is 0 Å². The van der Waals surface area contributed by atoms with Crippen LogP contribution in [-0.2, 0) is 9.47 Å². The molecule has 0 amide bonds. The van der Waals surface area contributed by atoms with E-state index in [1.54, 1.807) is 0 Å². The lowest BCUT2D eigenvalue weighted by Gasteiger charge is -2.30. The molecular weight excluding hydrogens is 437 g/mol. The quantitative estimate of drug-likeness (QED) is 0.247. The third-order valence-corrected chi connectivity index (χ3v) is 5.69. The summed E-state index contributed by atoms with van der Waals surface area (Å²) in [5.74, 6) is 2.12. The molecule has 1 heterocycles. The highest BCUT2D eigenvalue weighted by molar-refractivity contribution is 14.0. The SMILES string of the molecule is CCSC1CCCC(NC(=NC)NCCOCC2CCCO2)C1.I. The van der Waals surface area contributed by atoms with E-state index in [4.69, 9.17) is 9.47 Å². The van der Waals surface area contributed by atoms with E-state index in [0.29, 0.717) is 25.4 Å². The maximum absolute atomic E-state index is 5.68. The Kier molecular flexibility index (Phi) is 12.5. The van der Waals surface area contributed by atoms with E-state index in [1.807, 2.05) is 7.05 Å². The molecule has 2 aliphatic rings. The second-order valence-corrected chi connectivity index (χ2v) is 7.87. The van der Waals surface area contributed by atoms with Crippen molar-refractivity contribution < 1.29 is 9.47 Å². The Morgan fingerprint density at radius 3 is 2.88 bits per heavy atom. The molecule has 2 rings (SSSR count). The predicted octanol–water partition coefficient (Wildman–Crippen LogP) is 3.03. The Hall–Kier alpha value is 0.270. The summed E-state index contributed by atoms with van der Waals surface area (Å²) in [6.07, 6.45) is 7.78. The average molecular weight is 471 g/mol. The number of halogens is 1. The molecule has 142 valence electrons. The van der Waals surface area contributed by atoms with E-state index in [2.05, 4.69) is 34.3 Å². The minimum Gasteiger partial charge on any atom is -0.377 e. The van der Waals surface area contributed by atoms with E-state index in [0.717, 1.165) is 30.8 Å². The molecule has 5 nitrogen and oxygen atoms in total. The Morgan fingerprint density at radius 1 is 1.29 bits per heavy atom. The summed E-state index contributed by atoms with van der Waals surface area (Å²) in [6.45, 7) is 5.33. The summed E-state index contributed by atoms with van der Waals surface area (Å²) < 4.78 is 11.2. The topological polar surface area (TPSA) is 54.9 Å². The summed E-state index contributed by atoms with van der Waals surface area (Å²) in [5, 5.41) is 7.73. The van der Waals surface area contributed by atoms with Gasteiger partial charge in [-0.15, -0.1) is 24.0 Å². The van der Waals surface area contributed by atoms with Crippen molar-refractivity contribution >= 4 is 41.7 Å². The molecule has 0 radical (unpaired) electrons. The largest absolute Gasteiger partial charge is 0.377 e. The number of guanidine groups is 1. The molecule has 3 unspecified atom stereocenters. The van der Waals surface area contributed by atoms with Crippen LogP contribution >= 0.6 is 35.7 Å². The molecule has 24 heavy (non-hydrogen) atoms. The highest BCUT2D eigenvalue weighted by Crippen LogP contribution is 2.28. The van der Waals surface area contributed by atoms with Gasteiger partial charge in [-0.2, -0.15) is 11.8 Å². The first-order chi connectivity index (χ1) is 11.3. The van der Waals surface area contributed by atoms with Crippen LogP contribution in [0.2, 0.25) is 0 Å². The minimum atomic E-state index is 0. The van der Waals surface area contributed by atoms with Crippen LogP contribution in [-0.4, -0.2) is 62.5 Å². The zero-order chi connectivity index (χ0) is 16.3. The van der Waals surface area contributed by atoms with Gasteiger partial charge in [0.1, 0.15) is 0 Å². The van der Waals surface area contributed by atoms with Crippen molar-refractivity contribution in [3.63, 3.8) is 0 Å². The monoisotopic (exact) mass is 471 g/mol. The molecule has 0 spiro atoms. The Labute approximate surface area is 168 Å². The fourth-order valence-electron chi connectivity index (χ4n) is 3.28. The molecule has 7 heteroatoms. The van der Waals surface area contributed by atoms with Crippen molar-refractivity contribution in [2.45, 2.75) is 62.8 Å². The van der Waals surface area contributed by atoms with Gasteiger partial charge in [0.05, 0.1) is 19.3 Å². The second kappa shape index (κ2) is 13.5. The van der Waals surface area contributed by atoms with Gasteiger partial charge >= 0.3 is 0 Å². The number of nitrogens with zero attached hydrogens (tertiary/aromatic N) is 1. The fraction of sp³-hybridized carbons (Fsp3) is 0.941. The van der Waals surface area contributed by atoms with Crippen LogP contribution in [0.15, 0.2) is 4.99 Å². The highest BCUT2D eigenvalue weighted by atomic mass is 127. The molecule has 0 aromatic carbocycles. The van der Waals surface area contributed by atoms with Crippen molar-refractivity contribution in [2.24, 2.45) is 4.99 Å². The van der Waals surface area contributed by atoms with Gasteiger partial charge in [-0.25, -0.2) is 0 Å². The summed E-state index contributed by atoms with van der Waals surface area (Å²) in [6, 6.07) is 0.548. The molecule has 2 N–H and O–H groups in total. The molecule has 0 aromatic heterocycles. The minimum absolute atomic E-state index is 0. The van der Waals surface area contributed by atoms with Gasteiger partial charge in [0, 0.05) is 31.5 Å². The summed E-state index contributed by atoms with van der Waals surface area (Å²) >= 11 is 2.09. The van der Waals surface area contributed by atoms with Gasteiger partial charge in [-0.3, -0.25) is 4.99 Å². The molecule has 1 aliphatic heterocycles. The molecule has 0 aromatic rings. The zero-order valence-electron chi connectivity index (χ0n) is 15.1. The number of hydrogen-bond donors (Lipinski definition) is 2. The van der Waals surface area contributed by atoms with E-state index in [1.165, 1.54) is 37.9 Å². The molecule has 1 saturated carbocycles. The number of aliphatic imine (C=N–C) groups is 1. The maximum Gasteiger partial charge on any atom is 0.191 e. The first-order valence-electron chi connectivity index (χ1n) is 9.10. The van der Waals surface area contributed by atoms with Crippen LogP contribution in [0.25, 0.3) is 0 Å². The number of rotatable bonds is 8. The zero-order valence-corrected chi connectivity index (χ0v) is 18.2. The van der Waals surface area contributed by atoms with E-state index in [-0.39, 0.29) is 24.0 Å². The first-order valence-corrected chi connectivity index (χ1v) is 10.1. The second-order valence-electron chi connectivity index (χ2n) is 6.29. The fourth-order valence-corrected chi connectivity index (χ4v) is 4.46. The lowest BCUT2D eigenvalue weighted by molar-refractivity contribution is 0.0191. The van der Waals surface area contributed by atoms with Crippen molar-refractivity contribution in [1.82, 2.24) is 10.6 Å². The summed E-state index contributed by atoms with van der Waals surface area (Å²) in [7, 11) is 1.84. The van der Waals surface area contributed by atoms with E-state index < -0.39 is 0 Å². The van der Waals surface area contributed by atoms with Gasteiger partial charge in [0.25, 0.3) is 0 Å². The van der Waals surface area contributed by atoms with Gasteiger partial charge in [-0.1, -0.05) is 13.3 Å². The first kappa shape index (κ1) is 22.3. The molecule has 1 saturated heterocycles. The maximum atomic E-state index is 5.68. The van der Waals surface area contributed by atoms with Crippen LogP contribution < -0.4 is 10.6 Å². The lowest BCUT2D eigenvalue weighted by atomic mass is 9.95. The number of hydrogen-bond acceptors (Lipinski definition) is 4. The Balaban J connectivity index is 0.00000288. The number of thioether (sulfide) groups is 1. The lowest BCUT2D eigenvalue weighted by Crippen LogP contribution is -2.46. The molecule has 2 fully saturated rings. The smallest absolute Gasteiger partial charge is 0.191 e. The van der Waals surface area contributed by atoms with Crippen molar-refractivity contribution in [3.05, 3.63) is 0 Å². The standard InChI is InChI=1S/C17H33N3O2S.HI/c1-3-23-16-8-4-6-14(12-16)20-17(18-2)19-9-11-21-13-15-7-5-10-22-15;/h14-16H,3-13H2,1-2H3,(H2,18,19,20);1H. The highest BCUT2D eigenvalue weighted by Gasteiger charge is 2.22. The number of nitrogens with one attached hydrogen (secondary N) is 2. The average Bonchev–Trinajstić information content (AvgIpc) is 3.07. The number of ether oxygens (including phenoxy) is 2. The molecule has 3 atom stereocenters. The van der Waals surface area contributed by atoms with Crippen molar-refractivity contribution in [3.8, 4) is 0 Å². The predicted molar refractivity (Wildman–Crippen MR) is 114 cm³/mol. The van der Waals surface area contributed by atoms with E-state index >= 15 is 0 Å². The molecule has 1 aliphatic carbocycles. The van der Waals surface area contributed by atoms with Gasteiger partial charge in [0.15, 0.2) is 5.96 Å². The van der Waals surface area contributed by atoms with Gasteiger partial charge < -0.3 is 20.1 Å². The third kappa shape index (κ3) is 8.58. The third-order valence-electron chi connectivity index (χ3n) is 4.46. The van der Waals surface area contributed by atoms with Crippen LogP contribution in [0, 0.1) is 0 Å². The summed E-state index contributed by atoms with van der Waals surface area (Å²) in [5.41, 5.74) is 0. The molecular formula is C17H34IN3O2S. The van der Waals surface area contributed by atoms with Crippen LogP contribution in [0.3, 0.4) is 0 Å². The van der Waals surface area contributed by atoms with Gasteiger partial charge in [-0.05, 0) is 37.9 Å². The van der Waals surface area contributed by atoms with Crippen LogP contribution in [0.5, 0.6) is 0 Å². The van der Waals surface area contributed by atoms with Crippen LogP contribution in [0.1, 0.15) is 45.4 Å². The van der Waals surface area contributed by atoms with Gasteiger partial charge in [0.2, 0.25) is 0 Å². The summed E-state index contributed by atoms with van der Waals surface area (Å²) in [4.78, 5) is 4.34. The Bertz CT molecular complexity index is 353. The molecule has 0 bridgehead atoms. The Morgan fingerprint density at radius 2 is 2.17 bits per heavy atom. The normalized spacial score (nSPS) is 27.6. The van der Waals surface area contributed by atoms with Crippen molar-refractivity contribution in [2.75, 3.05) is 39.2 Å². The van der Waals surface area contributed by atoms with Crippen LogP contribution in [0.4, 0.5) is 0 Å². The van der Waals surface area contributed by atoms with E-state index in [9.17, 15) is 0 Å².